The lowest BCUT2D eigenvalue weighted by Crippen LogP contribution is -2.53. The standard InChI is InChI=1S/C14H20N4O2S/c1-9-13(20)15-5-6-17(9)7-11-8-21-14(16-11)18(10(2)19)12-3-4-12/h8-9,12H,3-7H2,1-2H3,(H,15,20). The first-order chi connectivity index (χ1) is 10.1. The van der Waals surface area contributed by atoms with Gasteiger partial charge < -0.3 is 5.32 Å². The molecule has 0 aromatic carbocycles. The van der Waals surface area contributed by atoms with Gasteiger partial charge in [-0.2, -0.15) is 0 Å². The quantitative estimate of drug-likeness (QED) is 0.900. The molecule has 1 atom stereocenters. The van der Waals surface area contributed by atoms with Gasteiger partial charge in [0.1, 0.15) is 0 Å². The van der Waals surface area contributed by atoms with Crippen molar-refractivity contribution in [2.75, 3.05) is 18.0 Å². The van der Waals surface area contributed by atoms with Gasteiger partial charge in [-0.05, 0) is 19.8 Å². The average Bonchev–Trinajstić information content (AvgIpc) is 3.15. The van der Waals surface area contributed by atoms with Crippen molar-refractivity contribution in [3.63, 3.8) is 0 Å². The first kappa shape index (κ1) is 14.5. The maximum absolute atomic E-state index is 11.7. The summed E-state index contributed by atoms with van der Waals surface area (Å²) in [5.74, 6) is 0.129. The molecular formula is C14H20N4O2S. The number of hydrogen-bond donors (Lipinski definition) is 1. The third-order valence-electron chi connectivity index (χ3n) is 3.99. The van der Waals surface area contributed by atoms with E-state index in [9.17, 15) is 9.59 Å². The second-order valence-electron chi connectivity index (χ2n) is 5.68. The van der Waals surface area contributed by atoms with E-state index in [1.54, 1.807) is 11.8 Å². The highest BCUT2D eigenvalue weighted by Gasteiger charge is 2.34. The molecule has 0 spiro atoms. The average molecular weight is 308 g/mol. The molecule has 1 saturated carbocycles. The van der Waals surface area contributed by atoms with Gasteiger partial charge >= 0.3 is 0 Å². The molecule has 3 rings (SSSR count). The van der Waals surface area contributed by atoms with Crippen LogP contribution < -0.4 is 10.2 Å². The zero-order chi connectivity index (χ0) is 15.0. The van der Waals surface area contributed by atoms with Crippen LogP contribution in [-0.4, -0.2) is 46.9 Å². The van der Waals surface area contributed by atoms with Crippen LogP contribution in [0.5, 0.6) is 0 Å². The molecule has 1 aromatic rings. The van der Waals surface area contributed by atoms with Crippen LogP contribution in [0.1, 0.15) is 32.4 Å². The molecule has 114 valence electrons. The summed E-state index contributed by atoms with van der Waals surface area (Å²) >= 11 is 1.51. The van der Waals surface area contributed by atoms with Crippen molar-refractivity contribution >= 4 is 28.3 Å². The lowest BCUT2D eigenvalue weighted by Gasteiger charge is -2.32. The molecule has 1 aromatic heterocycles. The number of nitrogens with one attached hydrogen (secondary N) is 1. The number of anilines is 1. The van der Waals surface area contributed by atoms with Crippen molar-refractivity contribution < 1.29 is 9.59 Å². The lowest BCUT2D eigenvalue weighted by atomic mass is 10.2. The lowest BCUT2D eigenvalue weighted by molar-refractivity contribution is -0.128. The van der Waals surface area contributed by atoms with Gasteiger partial charge in [-0.15, -0.1) is 11.3 Å². The number of amides is 2. The van der Waals surface area contributed by atoms with E-state index in [4.69, 9.17) is 0 Å². The highest BCUT2D eigenvalue weighted by Crippen LogP contribution is 2.33. The van der Waals surface area contributed by atoms with Crippen molar-refractivity contribution in [3.8, 4) is 0 Å². The Labute approximate surface area is 128 Å². The van der Waals surface area contributed by atoms with Crippen LogP contribution in [-0.2, 0) is 16.1 Å². The molecule has 1 aliphatic heterocycles. The first-order valence-corrected chi connectivity index (χ1v) is 8.20. The van der Waals surface area contributed by atoms with Crippen molar-refractivity contribution in [1.29, 1.82) is 0 Å². The minimum atomic E-state index is -0.128. The Hall–Kier alpha value is -1.47. The maximum Gasteiger partial charge on any atom is 0.237 e. The normalized spacial score (nSPS) is 23.0. The molecule has 1 unspecified atom stereocenters. The van der Waals surface area contributed by atoms with Crippen LogP contribution in [0, 0.1) is 0 Å². The molecule has 6 nitrogen and oxygen atoms in total. The summed E-state index contributed by atoms with van der Waals surface area (Å²) in [6.45, 7) is 5.67. The van der Waals surface area contributed by atoms with Crippen molar-refractivity contribution in [1.82, 2.24) is 15.2 Å². The molecule has 0 bridgehead atoms. The fourth-order valence-electron chi connectivity index (χ4n) is 2.61. The van der Waals surface area contributed by atoms with Gasteiger partial charge in [0.15, 0.2) is 5.13 Å². The zero-order valence-electron chi connectivity index (χ0n) is 12.3. The Kier molecular flexibility index (Phi) is 3.95. The SMILES string of the molecule is CC(=O)N(c1nc(CN2CCNC(=O)C2C)cs1)C1CC1. The third kappa shape index (κ3) is 3.08. The van der Waals surface area contributed by atoms with Gasteiger partial charge in [0.2, 0.25) is 11.8 Å². The molecule has 1 aliphatic carbocycles. The number of thiazole rings is 1. The minimum absolute atomic E-state index is 0.0594. The zero-order valence-corrected chi connectivity index (χ0v) is 13.2. The monoisotopic (exact) mass is 308 g/mol. The largest absolute Gasteiger partial charge is 0.353 e. The van der Waals surface area contributed by atoms with Gasteiger partial charge in [0, 0.05) is 38.0 Å². The molecule has 1 saturated heterocycles. The third-order valence-corrected chi connectivity index (χ3v) is 4.88. The number of hydrogen-bond acceptors (Lipinski definition) is 5. The Morgan fingerprint density at radius 3 is 3.00 bits per heavy atom. The van der Waals surface area contributed by atoms with Crippen LogP contribution >= 0.6 is 11.3 Å². The Morgan fingerprint density at radius 1 is 1.57 bits per heavy atom. The minimum Gasteiger partial charge on any atom is -0.353 e. The van der Waals surface area contributed by atoms with E-state index in [0.717, 1.165) is 30.2 Å². The van der Waals surface area contributed by atoms with Gasteiger partial charge in [0.25, 0.3) is 0 Å². The molecule has 2 amide bonds. The summed E-state index contributed by atoms with van der Waals surface area (Å²) in [4.78, 5) is 31.9. The van der Waals surface area contributed by atoms with E-state index < -0.39 is 0 Å². The first-order valence-electron chi connectivity index (χ1n) is 7.32. The summed E-state index contributed by atoms with van der Waals surface area (Å²) in [5, 5.41) is 5.64. The van der Waals surface area contributed by atoms with Crippen LogP contribution in [0.15, 0.2) is 5.38 Å². The van der Waals surface area contributed by atoms with Crippen molar-refractivity contribution in [3.05, 3.63) is 11.1 Å². The second-order valence-corrected chi connectivity index (χ2v) is 6.52. The summed E-state index contributed by atoms with van der Waals surface area (Å²) in [7, 11) is 0. The molecule has 2 heterocycles. The number of aromatic nitrogens is 1. The predicted molar refractivity (Wildman–Crippen MR) is 81.2 cm³/mol. The fraction of sp³-hybridized carbons (Fsp3) is 0.643. The summed E-state index contributed by atoms with van der Waals surface area (Å²) < 4.78 is 0. The molecule has 21 heavy (non-hydrogen) atoms. The maximum atomic E-state index is 11.7. The van der Waals surface area contributed by atoms with E-state index in [2.05, 4.69) is 15.2 Å². The van der Waals surface area contributed by atoms with E-state index in [1.807, 2.05) is 12.3 Å². The number of carbonyl (C=O) groups is 2. The van der Waals surface area contributed by atoms with Crippen molar-refractivity contribution in [2.45, 2.75) is 45.3 Å². The van der Waals surface area contributed by atoms with Crippen molar-refractivity contribution in [2.24, 2.45) is 0 Å². The summed E-state index contributed by atoms with van der Waals surface area (Å²) in [6.07, 6.45) is 2.13. The molecule has 2 aliphatic rings. The molecule has 7 heteroatoms. The van der Waals surface area contributed by atoms with Gasteiger partial charge in [-0.1, -0.05) is 0 Å². The highest BCUT2D eigenvalue weighted by atomic mass is 32.1. The number of carbonyl (C=O) groups excluding carboxylic acids is 2. The van der Waals surface area contributed by atoms with Gasteiger partial charge in [0.05, 0.1) is 11.7 Å². The Bertz CT molecular complexity index is 555. The number of nitrogens with zero attached hydrogens (tertiary/aromatic N) is 3. The van der Waals surface area contributed by atoms with Crippen LogP contribution in [0.25, 0.3) is 0 Å². The molecule has 0 radical (unpaired) electrons. The summed E-state index contributed by atoms with van der Waals surface area (Å²) in [5.41, 5.74) is 0.934. The molecular weight excluding hydrogens is 288 g/mol. The van der Waals surface area contributed by atoms with Crippen LogP contribution in [0.4, 0.5) is 5.13 Å². The predicted octanol–water partition coefficient (Wildman–Crippen LogP) is 0.979. The molecule has 2 fully saturated rings. The van der Waals surface area contributed by atoms with E-state index in [1.165, 1.54) is 11.3 Å². The topological polar surface area (TPSA) is 65.5 Å². The van der Waals surface area contributed by atoms with Gasteiger partial charge in [-0.25, -0.2) is 4.98 Å². The smallest absolute Gasteiger partial charge is 0.237 e. The van der Waals surface area contributed by atoms with E-state index >= 15 is 0 Å². The second kappa shape index (κ2) is 5.73. The van der Waals surface area contributed by atoms with Crippen LogP contribution in [0.3, 0.4) is 0 Å². The fourth-order valence-corrected chi connectivity index (χ4v) is 3.54. The van der Waals surface area contributed by atoms with Crippen LogP contribution in [0.2, 0.25) is 0 Å². The van der Waals surface area contributed by atoms with E-state index in [-0.39, 0.29) is 17.9 Å². The van der Waals surface area contributed by atoms with Gasteiger partial charge in [-0.3, -0.25) is 19.4 Å². The number of rotatable bonds is 4. The highest BCUT2D eigenvalue weighted by molar-refractivity contribution is 7.14. The van der Waals surface area contributed by atoms with E-state index in [0.29, 0.717) is 19.1 Å². The molecule has 1 N–H and O–H groups in total. The summed E-state index contributed by atoms with van der Waals surface area (Å²) in [6, 6.07) is 0.206. The number of piperazine rings is 1. The Balaban J connectivity index is 1.70. The Morgan fingerprint density at radius 2 is 2.33 bits per heavy atom.